The molecule has 2 heteroatoms. The molecule has 0 aliphatic carbocycles. The van der Waals surface area contributed by atoms with Crippen LogP contribution in [0, 0.1) is 0 Å². The molecule has 0 amide bonds. The summed E-state index contributed by atoms with van der Waals surface area (Å²) in [5, 5.41) is 0. The van der Waals surface area contributed by atoms with Gasteiger partial charge in [0.1, 0.15) is 0 Å². The van der Waals surface area contributed by atoms with E-state index in [0.29, 0.717) is 6.04 Å². The molecule has 1 unspecified atom stereocenters. The summed E-state index contributed by atoms with van der Waals surface area (Å²) < 4.78 is 0. The van der Waals surface area contributed by atoms with Crippen LogP contribution in [0.25, 0.3) is 0 Å². The molecule has 2 nitrogen and oxygen atoms in total. The molecular weight excluding hydrogens is 160 g/mol. The number of nitrogens with two attached hydrogens (primary N) is 1. The molecule has 0 radical (unpaired) electrons. The molecule has 0 spiro atoms. The average molecular weight is 184 g/mol. The summed E-state index contributed by atoms with van der Waals surface area (Å²) in [5.74, 6) is 0. The van der Waals surface area contributed by atoms with Crippen LogP contribution in [0.4, 0.5) is 0 Å². The van der Waals surface area contributed by atoms with E-state index in [2.05, 4.69) is 25.7 Å². The summed E-state index contributed by atoms with van der Waals surface area (Å²) in [6.45, 7) is 9.27. The van der Waals surface area contributed by atoms with Gasteiger partial charge in [0.05, 0.1) is 0 Å². The molecule has 0 aromatic heterocycles. The smallest absolute Gasteiger partial charge is 0.0304 e. The first-order valence-electron chi connectivity index (χ1n) is 5.59. The molecule has 1 aliphatic rings. The molecule has 0 saturated carbocycles. The van der Waals surface area contributed by atoms with Crippen molar-refractivity contribution < 1.29 is 0 Å². The standard InChI is InChI=1S/C11H24N2/c1-4-7-10(12)11(2,3)13-8-5-6-9-13/h10H,4-9,12H2,1-3H3. The van der Waals surface area contributed by atoms with Crippen LogP contribution >= 0.6 is 0 Å². The Balaban J connectivity index is 2.51. The number of hydrogen-bond acceptors (Lipinski definition) is 2. The van der Waals surface area contributed by atoms with Crippen LogP contribution < -0.4 is 5.73 Å². The van der Waals surface area contributed by atoms with E-state index in [1.807, 2.05) is 0 Å². The van der Waals surface area contributed by atoms with Crippen molar-refractivity contribution in [2.24, 2.45) is 5.73 Å². The summed E-state index contributed by atoms with van der Waals surface area (Å²) >= 11 is 0. The van der Waals surface area contributed by atoms with Crippen LogP contribution in [0.3, 0.4) is 0 Å². The summed E-state index contributed by atoms with van der Waals surface area (Å²) in [6.07, 6.45) is 5.03. The number of nitrogens with zero attached hydrogens (tertiary/aromatic N) is 1. The Morgan fingerprint density at radius 3 is 2.31 bits per heavy atom. The minimum atomic E-state index is 0.201. The van der Waals surface area contributed by atoms with Crippen LogP contribution in [-0.4, -0.2) is 29.6 Å². The Kier molecular flexibility index (Phi) is 3.74. The second-order valence-corrected chi connectivity index (χ2v) is 4.74. The minimum absolute atomic E-state index is 0.201. The first kappa shape index (κ1) is 11.0. The zero-order chi connectivity index (χ0) is 9.90. The number of rotatable bonds is 4. The molecule has 0 bridgehead atoms. The Morgan fingerprint density at radius 1 is 1.31 bits per heavy atom. The third-order valence-electron chi connectivity index (χ3n) is 3.43. The fraction of sp³-hybridized carbons (Fsp3) is 1.00. The van der Waals surface area contributed by atoms with E-state index in [1.54, 1.807) is 0 Å². The van der Waals surface area contributed by atoms with E-state index >= 15 is 0 Å². The van der Waals surface area contributed by atoms with Gasteiger partial charge in [-0.3, -0.25) is 4.90 Å². The van der Waals surface area contributed by atoms with Gasteiger partial charge in [0.15, 0.2) is 0 Å². The molecule has 1 heterocycles. The maximum atomic E-state index is 6.20. The SMILES string of the molecule is CCCC(N)C(C)(C)N1CCCC1. The van der Waals surface area contributed by atoms with E-state index < -0.39 is 0 Å². The summed E-state index contributed by atoms with van der Waals surface area (Å²) in [7, 11) is 0. The van der Waals surface area contributed by atoms with Gasteiger partial charge in [0.2, 0.25) is 0 Å². The second kappa shape index (κ2) is 4.43. The van der Waals surface area contributed by atoms with Gasteiger partial charge in [0, 0.05) is 11.6 Å². The maximum absolute atomic E-state index is 6.20. The predicted molar refractivity (Wildman–Crippen MR) is 57.8 cm³/mol. The largest absolute Gasteiger partial charge is 0.326 e. The van der Waals surface area contributed by atoms with Crippen LogP contribution in [0.15, 0.2) is 0 Å². The summed E-state index contributed by atoms with van der Waals surface area (Å²) in [4.78, 5) is 2.55. The molecule has 13 heavy (non-hydrogen) atoms. The molecule has 1 rings (SSSR count). The van der Waals surface area contributed by atoms with Crippen LogP contribution in [0.2, 0.25) is 0 Å². The van der Waals surface area contributed by atoms with Gasteiger partial charge < -0.3 is 5.73 Å². The first-order chi connectivity index (χ1) is 6.09. The highest BCUT2D eigenvalue weighted by molar-refractivity contribution is 4.93. The predicted octanol–water partition coefficient (Wildman–Crippen LogP) is 1.99. The monoisotopic (exact) mass is 184 g/mol. The van der Waals surface area contributed by atoms with Crippen molar-refractivity contribution in [2.45, 2.75) is 58.0 Å². The summed E-state index contributed by atoms with van der Waals surface area (Å²) in [5.41, 5.74) is 6.40. The quantitative estimate of drug-likeness (QED) is 0.724. The van der Waals surface area contributed by atoms with Gasteiger partial charge in [0.25, 0.3) is 0 Å². The van der Waals surface area contributed by atoms with E-state index in [-0.39, 0.29) is 5.54 Å². The Labute approximate surface area is 82.5 Å². The van der Waals surface area contributed by atoms with Gasteiger partial charge in [-0.05, 0) is 46.2 Å². The number of likely N-dealkylation sites (tertiary alicyclic amines) is 1. The third-order valence-corrected chi connectivity index (χ3v) is 3.43. The van der Waals surface area contributed by atoms with Crippen molar-refractivity contribution in [1.82, 2.24) is 4.90 Å². The molecule has 1 atom stereocenters. The van der Waals surface area contributed by atoms with Gasteiger partial charge in [-0.1, -0.05) is 13.3 Å². The van der Waals surface area contributed by atoms with E-state index in [4.69, 9.17) is 5.73 Å². The van der Waals surface area contributed by atoms with Crippen molar-refractivity contribution >= 4 is 0 Å². The highest BCUT2D eigenvalue weighted by Gasteiger charge is 2.33. The molecule has 1 saturated heterocycles. The molecule has 0 aromatic rings. The topological polar surface area (TPSA) is 29.3 Å². The zero-order valence-corrected chi connectivity index (χ0v) is 9.34. The van der Waals surface area contributed by atoms with Gasteiger partial charge in [-0.2, -0.15) is 0 Å². The lowest BCUT2D eigenvalue weighted by Gasteiger charge is -2.40. The Bertz CT molecular complexity index is 148. The lowest BCUT2D eigenvalue weighted by atomic mass is 9.90. The summed E-state index contributed by atoms with van der Waals surface area (Å²) in [6, 6.07) is 0.329. The molecule has 1 fully saturated rings. The van der Waals surface area contributed by atoms with E-state index in [1.165, 1.54) is 32.4 Å². The Hall–Kier alpha value is -0.0800. The van der Waals surface area contributed by atoms with Gasteiger partial charge >= 0.3 is 0 Å². The van der Waals surface area contributed by atoms with Gasteiger partial charge in [-0.15, -0.1) is 0 Å². The van der Waals surface area contributed by atoms with Crippen molar-refractivity contribution in [1.29, 1.82) is 0 Å². The second-order valence-electron chi connectivity index (χ2n) is 4.74. The fourth-order valence-electron chi connectivity index (χ4n) is 2.19. The lowest BCUT2D eigenvalue weighted by molar-refractivity contribution is 0.119. The number of hydrogen-bond donors (Lipinski definition) is 1. The lowest BCUT2D eigenvalue weighted by Crippen LogP contribution is -2.54. The van der Waals surface area contributed by atoms with E-state index in [0.717, 1.165) is 6.42 Å². The highest BCUT2D eigenvalue weighted by atomic mass is 15.2. The van der Waals surface area contributed by atoms with Gasteiger partial charge in [-0.25, -0.2) is 0 Å². The minimum Gasteiger partial charge on any atom is -0.326 e. The maximum Gasteiger partial charge on any atom is 0.0304 e. The molecule has 1 aliphatic heterocycles. The normalized spacial score (nSPS) is 22.2. The molecule has 78 valence electrons. The molecular formula is C11H24N2. The average Bonchev–Trinajstić information content (AvgIpc) is 2.56. The van der Waals surface area contributed by atoms with Crippen molar-refractivity contribution in [3.8, 4) is 0 Å². The van der Waals surface area contributed by atoms with Crippen molar-refractivity contribution in [3.05, 3.63) is 0 Å². The highest BCUT2D eigenvalue weighted by Crippen LogP contribution is 2.25. The Morgan fingerprint density at radius 2 is 1.85 bits per heavy atom. The first-order valence-corrected chi connectivity index (χ1v) is 5.59. The zero-order valence-electron chi connectivity index (χ0n) is 9.34. The third kappa shape index (κ3) is 2.44. The van der Waals surface area contributed by atoms with E-state index in [9.17, 15) is 0 Å². The molecule has 0 aromatic carbocycles. The van der Waals surface area contributed by atoms with Crippen LogP contribution in [-0.2, 0) is 0 Å². The van der Waals surface area contributed by atoms with Crippen molar-refractivity contribution in [3.63, 3.8) is 0 Å². The van der Waals surface area contributed by atoms with Crippen LogP contribution in [0.5, 0.6) is 0 Å². The van der Waals surface area contributed by atoms with Crippen LogP contribution in [0.1, 0.15) is 46.5 Å². The molecule has 2 N–H and O–H groups in total. The fourth-order valence-corrected chi connectivity index (χ4v) is 2.19. The van der Waals surface area contributed by atoms with Crippen molar-refractivity contribution in [2.75, 3.05) is 13.1 Å².